The van der Waals surface area contributed by atoms with Crippen LogP contribution in [0.2, 0.25) is 0 Å². The van der Waals surface area contributed by atoms with Gasteiger partial charge in [-0.15, -0.1) is 0 Å². The van der Waals surface area contributed by atoms with Crippen LogP contribution >= 0.6 is 0 Å². The Labute approximate surface area is 184 Å². The number of allylic oxidation sites excluding steroid dienone is 1. The molecule has 0 saturated heterocycles. The van der Waals surface area contributed by atoms with Crippen LogP contribution in [-0.4, -0.2) is 32.7 Å². The van der Waals surface area contributed by atoms with Gasteiger partial charge in [-0.05, 0) is 75.4 Å². The number of carbonyl (C=O) groups excluding carboxylic acids is 1. The summed E-state index contributed by atoms with van der Waals surface area (Å²) in [5, 5.41) is 6.27. The molecule has 1 aliphatic carbocycles. The van der Waals surface area contributed by atoms with Crippen molar-refractivity contribution in [1.82, 2.24) is 5.32 Å². The monoisotopic (exact) mass is 424 g/mol. The Hall–Kier alpha value is -3.15. The zero-order valence-electron chi connectivity index (χ0n) is 18.6. The molecule has 1 amide bonds. The molecule has 6 heteroatoms. The minimum atomic E-state index is -0.373. The number of hydrogen-bond donors (Lipinski definition) is 2. The highest BCUT2D eigenvalue weighted by atomic mass is 16.5. The Morgan fingerprint density at radius 1 is 1.00 bits per heavy atom. The number of anilines is 1. The van der Waals surface area contributed by atoms with Gasteiger partial charge in [-0.2, -0.15) is 0 Å². The zero-order chi connectivity index (χ0) is 22.1. The minimum absolute atomic E-state index is 0.0233. The average molecular weight is 425 g/mol. The highest BCUT2D eigenvalue weighted by molar-refractivity contribution is 5.84. The van der Waals surface area contributed by atoms with Gasteiger partial charge in [0.25, 0.3) is 0 Å². The second kappa shape index (κ2) is 11.3. The number of amides is 1. The Morgan fingerprint density at radius 3 is 2.45 bits per heavy atom. The van der Waals surface area contributed by atoms with Crippen molar-refractivity contribution in [2.24, 2.45) is 0 Å². The summed E-state index contributed by atoms with van der Waals surface area (Å²) in [6.45, 7) is 2.52. The third kappa shape index (κ3) is 6.67. The molecule has 1 unspecified atom stereocenters. The molecule has 2 N–H and O–H groups in total. The van der Waals surface area contributed by atoms with Gasteiger partial charge < -0.3 is 24.8 Å². The highest BCUT2D eigenvalue weighted by Gasteiger charge is 2.15. The van der Waals surface area contributed by atoms with E-state index in [1.165, 1.54) is 24.8 Å². The van der Waals surface area contributed by atoms with E-state index in [0.717, 1.165) is 24.3 Å². The lowest BCUT2D eigenvalue weighted by molar-refractivity contribution is -0.121. The SMILES string of the molecule is COc1ccc(Oc2cc(NC(C)C(=O)NCCC3=CCCCC3)ccc2OC)cc1. The molecule has 0 fully saturated rings. The molecule has 1 atom stereocenters. The maximum atomic E-state index is 12.5. The Kier molecular flexibility index (Phi) is 8.21. The van der Waals surface area contributed by atoms with E-state index >= 15 is 0 Å². The summed E-state index contributed by atoms with van der Waals surface area (Å²) in [7, 11) is 3.22. The number of hydrogen-bond acceptors (Lipinski definition) is 5. The van der Waals surface area contributed by atoms with Crippen LogP contribution in [0.4, 0.5) is 5.69 Å². The van der Waals surface area contributed by atoms with Crippen LogP contribution in [0.15, 0.2) is 54.1 Å². The first-order valence-corrected chi connectivity index (χ1v) is 10.8. The van der Waals surface area contributed by atoms with Crippen molar-refractivity contribution in [3.8, 4) is 23.0 Å². The summed E-state index contributed by atoms with van der Waals surface area (Å²) < 4.78 is 16.6. The normalized spacial score (nSPS) is 14.2. The van der Waals surface area contributed by atoms with Crippen LogP contribution in [0.5, 0.6) is 23.0 Å². The van der Waals surface area contributed by atoms with Gasteiger partial charge in [0.05, 0.1) is 14.2 Å². The summed E-state index contributed by atoms with van der Waals surface area (Å²) in [6.07, 6.45) is 8.12. The second-order valence-electron chi connectivity index (χ2n) is 7.66. The first-order valence-electron chi connectivity index (χ1n) is 10.8. The molecule has 1 aliphatic rings. The van der Waals surface area contributed by atoms with Crippen LogP contribution in [-0.2, 0) is 4.79 Å². The fraction of sp³-hybridized carbons (Fsp3) is 0.400. The van der Waals surface area contributed by atoms with Crippen molar-refractivity contribution >= 4 is 11.6 Å². The van der Waals surface area contributed by atoms with E-state index in [1.54, 1.807) is 14.2 Å². The van der Waals surface area contributed by atoms with Crippen LogP contribution in [0.25, 0.3) is 0 Å². The number of rotatable bonds is 10. The maximum absolute atomic E-state index is 12.5. The van der Waals surface area contributed by atoms with E-state index in [1.807, 2.05) is 49.4 Å². The Bertz CT molecular complexity index is 893. The van der Waals surface area contributed by atoms with Crippen molar-refractivity contribution in [1.29, 1.82) is 0 Å². The van der Waals surface area contributed by atoms with E-state index in [0.29, 0.717) is 23.8 Å². The van der Waals surface area contributed by atoms with Crippen molar-refractivity contribution < 1.29 is 19.0 Å². The van der Waals surface area contributed by atoms with Crippen molar-refractivity contribution in [3.63, 3.8) is 0 Å². The number of nitrogens with one attached hydrogen (secondary N) is 2. The third-order valence-corrected chi connectivity index (χ3v) is 5.36. The quantitative estimate of drug-likeness (QED) is 0.506. The molecule has 0 heterocycles. The molecule has 0 aromatic heterocycles. The smallest absolute Gasteiger partial charge is 0.242 e. The van der Waals surface area contributed by atoms with Crippen LogP contribution < -0.4 is 24.8 Å². The predicted octanol–water partition coefficient (Wildman–Crippen LogP) is 5.30. The molecular weight excluding hydrogens is 392 g/mol. The summed E-state index contributed by atoms with van der Waals surface area (Å²) >= 11 is 0. The number of ether oxygens (including phenoxy) is 3. The van der Waals surface area contributed by atoms with E-state index in [2.05, 4.69) is 16.7 Å². The van der Waals surface area contributed by atoms with E-state index in [-0.39, 0.29) is 11.9 Å². The highest BCUT2D eigenvalue weighted by Crippen LogP contribution is 2.34. The average Bonchev–Trinajstić information content (AvgIpc) is 2.80. The number of methoxy groups -OCH3 is 2. The van der Waals surface area contributed by atoms with E-state index in [9.17, 15) is 4.79 Å². The van der Waals surface area contributed by atoms with Gasteiger partial charge in [0, 0.05) is 18.3 Å². The van der Waals surface area contributed by atoms with Crippen LogP contribution in [0.3, 0.4) is 0 Å². The van der Waals surface area contributed by atoms with Gasteiger partial charge >= 0.3 is 0 Å². The zero-order valence-corrected chi connectivity index (χ0v) is 18.6. The molecule has 3 rings (SSSR count). The predicted molar refractivity (Wildman–Crippen MR) is 123 cm³/mol. The fourth-order valence-corrected chi connectivity index (χ4v) is 3.56. The van der Waals surface area contributed by atoms with Gasteiger partial charge in [0.1, 0.15) is 17.5 Å². The number of benzene rings is 2. The maximum Gasteiger partial charge on any atom is 0.242 e. The minimum Gasteiger partial charge on any atom is -0.497 e. The van der Waals surface area contributed by atoms with E-state index < -0.39 is 0 Å². The first kappa shape index (κ1) is 22.5. The van der Waals surface area contributed by atoms with Crippen LogP contribution in [0, 0.1) is 0 Å². The summed E-state index contributed by atoms with van der Waals surface area (Å²) in [5.74, 6) is 2.58. The summed E-state index contributed by atoms with van der Waals surface area (Å²) in [4.78, 5) is 12.5. The lowest BCUT2D eigenvalue weighted by Gasteiger charge is -2.18. The van der Waals surface area contributed by atoms with Gasteiger partial charge in [0.2, 0.25) is 5.91 Å². The van der Waals surface area contributed by atoms with Crippen molar-refractivity contribution in [2.75, 3.05) is 26.1 Å². The van der Waals surface area contributed by atoms with Crippen LogP contribution in [0.1, 0.15) is 39.0 Å². The molecule has 0 radical (unpaired) electrons. The molecule has 166 valence electrons. The molecule has 2 aromatic carbocycles. The topological polar surface area (TPSA) is 68.8 Å². The van der Waals surface area contributed by atoms with Crippen molar-refractivity contribution in [2.45, 2.75) is 45.1 Å². The molecule has 2 aromatic rings. The molecule has 0 bridgehead atoms. The lowest BCUT2D eigenvalue weighted by atomic mass is 9.97. The molecular formula is C25H32N2O4. The molecule has 6 nitrogen and oxygen atoms in total. The second-order valence-corrected chi connectivity index (χ2v) is 7.66. The Morgan fingerprint density at radius 2 is 1.77 bits per heavy atom. The molecule has 0 aliphatic heterocycles. The molecule has 0 spiro atoms. The summed E-state index contributed by atoms with van der Waals surface area (Å²) in [5.41, 5.74) is 2.24. The lowest BCUT2D eigenvalue weighted by Crippen LogP contribution is -2.38. The fourth-order valence-electron chi connectivity index (χ4n) is 3.56. The molecule has 0 saturated carbocycles. The molecule has 31 heavy (non-hydrogen) atoms. The van der Waals surface area contributed by atoms with Gasteiger partial charge in [-0.3, -0.25) is 4.79 Å². The van der Waals surface area contributed by atoms with Gasteiger partial charge in [-0.25, -0.2) is 0 Å². The van der Waals surface area contributed by atoms with Gasteiger partial charge in [0.15, 0.2) is 11.5 Å². The third-order valence-electron chi connectivity index (χ3n) is 5.36. The first-order chi connectivity index (χ1) is 15.1. The van der Waals surface area contributed by atoms with E-state index in [4.69, 9.17) is 14.2 Å². The summed E-state index contributed by atoms with van der Waals surface area (Å²) in [6, 6.07) is 12.5. The van der Waals surface area contributed by atoms with Gasteiger partial charge in [-0.1, -0.05) is 11.6 Å². The number of carbonyl (C=O) groups is 1. The Balaban J connectivity index is 1.57. The largest absolute Gasteiger partial charge is 0.497 e. The van der Waals surface area contributed by atoms with Crippen molar-refractivity contribution in [3.05, 3.63) is 54.1 Å². The standard InChI is InChI=1S/C25H32N2O4/c1-18(25(28)26-16-15-19-7-5-4-6-8-19)27-20-9-14-23(30-3)24(17-20)31-22-12-10-21(29-2)11-13-22/h7,9-14,17-18,27H,4-6,8,15-16H2,1-3H3,(H,26,28).